The van der Waals surface area contributed by atoms with Gasteiger partial charge in [-0.15, -0.1) is 0 Å². The minimum atomic E-state index is -3.66. The summed E-state index contributed by atoms with van der Waals surface area (Å²) in [6.45, 7) is 4.20. The van der Waals surface area contributed by atoms with Crippen LogP contribution in [0.2, 0.25) is 0 Å². The molecule has 0 spiro atoms. The summed E-state index contributed by atoms with van der Waals surface area (Å²) in [5, 5.41) is 2.88. The van der Waals surface area contributed by atoms with Crippen LogP contribution in [0.1, 0.15) is 66.2 Å². The summed E-state index contributed by atoms with van der Waals surface area (Å²) in [5.74, 6) is -0.405. The summed E-state index contributed by atoms with van der Waals surface area (Å²) in [7, 11) is -3.66. The third-order valence-corrected chi connectivity index (χ3v) is 8.31. The number of amides is 1. The average Bonchev–Trinajstić information content (AvgIpc) is 2.85. The first-order valence-electron chi connectivity index (χ1n) is 11.7. The molecular formula is C25H31N3O4S. The van der Waals surface area contributed by atoms with Crippen LogP contribution in [0.3, 0.4) is 0 Å². The number of piperidine rings is 2. The van der Waals surface area contributed by atoms with Crippen molar-refractivity contribution in [3.8, 4) is 0 Å². The number of sulfonamides is 1. The maximum atomic E-state index is 13.3. The lowest BCUT2D eigenvalue weighted by atomic mass is 10.1. The number of nitrogens with zero attached hydrogens (tertiary/aromatic N) is 2. The smallest absolute Gasteiger partial charge is 0.257 e. The molecule has 1 amide bonds. The molecule has 1 N–H and O–H groups in total. The number of carbonyl (C=O) groups is 2. The van der Waals surface area contributed by atoms with E-state index in [9.17, 15) is 18.0 Å². The van der Waals surface area contributed by atoms with Crippen molar-refractivity contribution in [3.05, 3.63) is 53.6 Å². The van der Waals surface area contributed by atoms with Gasteiger partial charge in [0.25, 0.3) is 5.91 Å². The van der Waals surface area contributed by atoms with Crippen LogP contribution in [0, 0.1) is 0 Å². The quantitative estimate of drug-likeness (QED) is 0.637. The summed E-state index contributed by atoms with van der Waals surface area (Å²) in [6, 6.07) is 11.6. The van der Waals surface area contributed by atoms with Gasteiger partial charge < -0.3 is 10.2 Å². The van der Waals surface area contributed by atoms with Gasteiger partial charge >= 0.3 is 0 Å². The van der Waals surface area contributed by atoms with Gasteiger partial charge in [-0.1, -0.05) is 6.42 Å². The minimum Gasteiger partial charge on any atom is -0.371 e. The number of carbonyl (C=O) groups excluding carboxylic acids is 2. The van der Waals surface area contributed by atoms with Crippen molar-refractivity contribution >= 4 is 33.1 Å². The summed E-state index contributed by atoms with van der Waals surface area (Å²) in [6.07, 6.45) is 5.99. The van der Waals surface area contributed by atoms with Crippen LogP contribution in [-0.2, 0) is 10.0 Å². The van der Waals surface area contributed by atoms with Gasteiger partial charge in [-0.05, 0) is 81.5 Å². The number of Topliss-reactive ketones (excluding diaryl/α,β-unsaturated/α-hetero) is 1. The van der Waals surface area contributed by atoms with Crippen molar-refractivity contribution in [2.24, 2.45) is 0 Å². The highest BCUT2D eigenvalue weighted by atomic mass is 32.2. The van der Waals surface area contributed by atoms with Gasteiger partial charge in [0.15, 0.2) is 5.78 Å². The number of ketones is 1. The van der Waals surface area contributed by atoms with Gasteiger partial charge in [-0.3, -0.25) is 9.59 Å². The fourth-order valence-electron chi connectivity index (χ4n) is 4.51. The molecule has 2 aliphatic heterocycles. The second-order valence-electron chi connectivity index (χ2n) is 8.78. The standard InChI is InChI=1S/C25H31N3O4S/c1-19(29)20-8-10-21(11-9-20)26-25(30)23-18-22(33(31,32)28-16-6-3-7-17-28)12-13-24(23)27-14-4-2-5-15-27/h8-13,18H,2-7,14-17H2,1H3,(H,26,30). The van der Waals surface area contributed by atoms with Gasteiger partial charge in [-0.2, -0.15) is 4.31 Å². The molecule has 2 aromatic carbocycles. The average molecular weight is 470 g/mol. The summed E-state index contributed by atoms with van der Waals surface area (Å²) in [4.78, 5) is 27.2. The summed E-state index contributed by atoms with van der Waals surface area (Å²) < 4.78 is 28.0. The maximum Gasteiger partial charge on any atom is 0.257 e. The molecule has 33 heavy (non-hydrogen) atoms. The molecule has 2 saturated heterocycles. The van der Waals surface area contributed by atoms with Crippen LogP contribution in [0.15, 0.2) is 47.4 Å². The lowest BCUT2D eigenvalue weighted by Crippen LogP contribution is -2.36. The van der Waals surface area contributed by atoms with Crippen LogP contribution in [0.5, 0.6) is 0 Å². The number of rotatable bonds is 6. The Hall–Kier alpha value is -2.71. The zero-order valence-electron chi connectivity index (χ0n) is 19.0. The Morgan fingerprint density at radius 3 is 2.03 bits per heavy atom. The molecule has 0 unspecified atom stereocenters. The lowest BCUT2D eigenvalue weighted by Gasteiger charge is -2.31. The van der Waals surface area contributed by atoms with E-state index in [2.05, 4.69) is 10.2 Å². The fraction of sp³-hybridized carbons (Fsp3) is 0.440. The largest absolute Gasteiger partial charge is 0.371 e. The van der Waals surface area contributed by atoms with E-state index in [1.807, 2.05) is 0 Å². The number of hydrogen-bond acceptors (Lipinski definition) is 5. The third-order valence-electron chi connectivity index (χ3n) is 6.41. The van der Waals surface area contributed by atoms with Gasteiger partial charge in [0, 0.05) is 43.1 Å². The molecule has 8 heteroatoms. The van der Waals surface area contributed by atoms with Crippen LogP contribution in [-0.4, -0.2) is 50.6 Å². The third kappa shape index (κ3) is 5.28. The maximum absolute atomic E-state index is 13.3. The molecule has 0 radical (unpaired) electrons. The monoisotopic (exact) mass is 469 g/mol. The molecule has 0 aliphatic carbocycles. The highest BCUT2D eigenvalue weighted by Gasteiger charge is 2.28. The number of hydrogen-bond donors (Lipinski definition) is 1. The second kappa shape index (κ2) is 10.1. The minimum absolute atomic E-state index is 0.0455. The predicted molar refractivity (Wildman–Crippen MR) is 130 cm³/mol. The van der Waals surface area contributed by atoms with E-state index in [0.717, 1.165) is 57.3 Å². The van der Waals surface area contributed by atoms with E-state index < -0.39 is 10.0 Å². The molecular weight excluding hydrogens is 438 g/mol. The van der Waals surface area contributed by atoms with E-state index >= 15 is 0 Å². The highest BCUT2D eigenvalue weighted by molar-refractivity contribution is 7.89. The highest BCUT2D eigenvalue weighted by Crippen LogP contribution is 2.30. The van der Waals surface area contributed by atoms with Gasteiger partial charge in [0.1, 0.15) is 0 Å². The second-order valence-corrected chi connectivity index (χ2v) is 10.7. The van der Waals surface area contributed by atoms with Gasteiger partial charge in [0.05, 0.1) is 10.5 Å². The Morgan fingerprint density at radius 2 is 1.42 bits per heavy atom. The fourth-order valence-corrected chi connectivity index (χ4v) is 6.05. The Kier molecular flexibility index (Phi) is 7.14. The van der Waals surface area contributed by atoms with Crippen LogP contribution < -0.4 is 10.2 Å². The zero-order chi connectivity index (χ0) is 23.4. The molecule has 2 aliphatic rings. The molecule has 176 valence electrons. The topological polar surface area (TPSA) is 86.8 Å². The lowest BCUT2D eigenvalue weighted by molar-refractivity contribution is 0.101. The van der Waals surface area contributed by atoms with Crippen molar-refractivity contribution < 1.29 is 18.0 Å². The molecule has 2 aromatic rings. The number of nitrogens with one attached hydrogen (secondary N) is 1. The predicted octanol–water partition coefficient (Wildman–Crippen LogP) is 4.31. The number of benzene rings is 2. The summed E-state index contributed by atoms with van der Waals surface area (Å²) >= 11 is 0. The van der Waals surface area contributed by atoms with E-state index in [1.54, 1.807) is 36.4 Å². The first-order valence-corrected chi connectivity index (χ1v) is 13.1. The Labute approximate surface area is 195 Å². The van der Waals surface area contributed by atoms with Gasteiger partial charge in [-0.25, -0.2) is 8.42 Å². The van der Waals surface area contributed by atoms with Crippen LogP contribution >= 0.6 is 0 Å². The Morgan fingerprint density at radius 1 is 0.818 bits per heavy atom. The van der Waals surface area contributed by atoms with Crippen molar-refractivity contribution in [1.82, 2.24) is 4.31 Å². The van der Waals surface area contributed by atoms with Crippen molar-refractivity contribution in [3.63, 3.8) is 0 Å². The molecule has 0 atom stereocenters. The van der Waals surface area contributed by atoms with E-state index in [-0.39, 0.29) is 16.6 Å². The number of anilines is 2. The molecule has 2 fully saturated rings. The SMILES string of the molecule is CC(=O)c1ccc(NC(=O)c2cc(S(=O)(=O)N3CCCCC3)ccc2N2CCCCC2)cc1. The molecule has 0 saturated carbocycles. The molecule has 0 bridgehead atoms. The van der Waals surface area contributed by atoms with Crippen molar-refractivity contribution in [1.29, 1.82) is 0 Å². The van der Waals surface area contributed by atoms with E-state index in [4.69, 9.17) is 0 Å². The molecule has 4 rings (SSSR count). The zero-order valence-corrected chi connectivity index (χ0v) is 19.9. The van der Waals surface area contributed by atoms with Crippen LogP contribution in [0.25, 0.3) is 0 Å². The normalized spacial score (nSPS) is 17.5. The molecule has 2 heterocycles. The first kappa shape index (κ1) is 23.4. The Balaban J connectivity index is 1.67. The van der Waals surface area contributed by atoms with E-state index in [1.165, 1.54) is 17.3 Å². The van der Waals surface area contributed by atoms with Crippen molar-refractivity contribution in [2.75, 3.05) is 36.4 Å². The Bertz CT molecular complexity index is 1120. The van der Waals surface area contributed by atoms with Gasteiger partial charge in [0.2, 0.25) is 10.0 Å². The molecule has 0 aromatic heterocycles. The first-order chi connectivity index (χ1) is 15.9. The molecule has 7 nitrogen and oxygen atoms in total. The van der Waals surface area contributed by atoms with E-state index in [0.29, 0.717) is 29.9 Å². The van der Waals surface area contributed by atoms with Crippen molar-refractivity contribution in [2.45, 2.75) is 50.3 Å². The van der Waals surface area contributed by atoms with Crippen LogP contribution in [0.4, 0.5) is 11.4 Å². The summed E-state index contributed by atoms with van der Waals surface area (Å²) in [5.41, 5.74) is 2.23.